The van der Waals surface area contributed by atoms with Gasteiger partial charge in [-0.3, -0.25) is 14.4 Å². The number of nitrogens with zero attached hydrogens (tertiary/aromatic N) is 1. The molecule has 11 heteroatoms. The van der Waals surface area contributed by atoms with Crippen LogP contribution in [-0.2, 0) is 18.5 Å². The fraction of sp³-hybridized carbons (Fsp3) is 0.429. The minimum atomic E-state index is -0.595. The Morgan fingerprint density at radius 3 is 2.38 bits per heavy atom. The van der Waals surface area contributed by atoms with Crippen molar-refractivity contribution in [3.63, 3.8) is 0 Å². The van der Waals surface area contributed by atoms with E-state index < -0.39 is 11.6 Å². The van der Waals surface area contributed by atoms with Crippen LogP contribution in [0.15, 0.2) is 41.3 Å². The third kappa shape index (κ3) is 9.83. The van der Waals surface area contributed by atoms with Crippen molar-refractivity contribution < 1.29 is 28.0 Å². The van der Waals surface area contributed by atoms with Gasteiger partial charge < -0.3 is 24.3 Å². The molecule has 0 aliphatic carbocycles. The van der Waals surface area contributed by atoms with E-state index >= 15 is 0 Å². The smallest absolute Gasteiger partial charge is 0.306 e. The zero-order chi connectivity index (χ0) is 28.8. The van der Waals surface area contributed by atoms with Crippen molar-refractivity contribution in [2.75, 3.05) is 24.3 Å². The molecule has 0 saturated heterocycles. The lowest BCUT2D eigenvalue weighted by Gasteiger charge is -2.19. The van der Waals surface area contributed by atoms with Crippen LogP contribution in [0.5, 0.6) is 5.75 Å². The topological polar surface area (TPSA) is 116 Å². The van der Waals surface area contributed by atoms with Crippen molar-refractivity contribution in [3.8, 4) is 5.75 Å². The van der Waals surface area contributed by atoms with Crippen LogP contribution in [-0.4, -0.2) is 47.5 Å². The second-order valence-corrected chi connectivity index (χ2v) is 12.5. The van der Waals surface area contributed by atoms with E-state index in [1.54, 1.807) is 45.0 Å². The van der Waals surface area contributed by atoms with Gasteiger partial charge in [-0.2, -0.15) is 0 Å². The molecule has 2 aromatic carbocycles. The Morgan fingerprint density at radius 1 is 0.974 bits per heavy atom. The molecule has 0 unspecified atom stereocenters. The third-order valence-electron chi connectivity index (χ3n) is 4.86. The zero-order valence-electron chi connectivity index (χ0n) is 23.3. The molecule has 1 amide bonds. The van der Waals surface area contributed by atoms with Crippen LogP contribution in [0.25, 0.3) is 10.2 Å². The van der Waals surface area contributed by atoms with Crippen molar-refractivity contribution in [3.05, 3.63) is 41.4 Å². The lowest BCUT2D eigenvalue weighted by Crippen LogP contribution is -2.24. The molecule has 9 nitrogen and oxygen atoms in total. The second-order valence-electron chi connectivity index (χ2n) is 10.7. The average molecular weight is 574 g/mol. The summed E-state index contributed by atoms with van der Waals surface area (Å²) in [5.74, 6) is -0.437. The molecule has 210 valence electrons. The highest BCUT2D eigenvalue weighted by molar-refractivity contribution is 7.94. The van der Waals surface area contributed by atoms with E-state index in [1.807, 2.05) is 40.0 Å². The van der Waals surface area contributed by atoms with E-state index in [2.05, 4.69) is 15.6 Å². The Morgan fingerprint density at radius 2 is 1.72 bits per heavy atom. The fourth-order valence-corrected chi connectivity index (χ4v) is 4.96. The number of fused-ring (bicyclic) bond motifs is 1. The molecule has 0 saturated carbocycles. The Balaban J connectivity index is 1.57. The molecule has 3 aromatic rings. The number of benzene rings is 2. The molecule has 0 radical (unpaired) electrons. The summed E-state index contributed by atoms with van der Waals surface area (Å²) in [7, 11) is 1.83. The number of nitrogens with one attached hydrogen (secondary N) is 2. The summed E-state index contributed by atoms with van der Waals surface area (Å²) in [5.41, 5.74) is 1.18. The van der Waals surface area contributed by atoms with Crippen molar-refractivity contribution >= 4 is 62.6 Å². The van der Waals surface area contributed by atoms with Gasteiger partial charge in [0, 0.05) is 31.2 Å². The van der Waals surface area contributed by atoms with Gasteiger partial charge in [0.2, 0.25) is 0 Å². The van der Waals surface area contributed by atoms with Gasteiger partial charge in [-0.05, 0) is 77.9 Å². The number of ketones is 1. The average Bonchev–Trinajstić information content (AvgIpc) is 3.27. The van der Waals surface area contributed by atoms with Gasteiger partial charge in [-0.1, -0.05) is 0 Å². The lowest BCUT2D eigenvalue weighted by atomic mass is 10.2. The van der Waals surface area contributed by atoms with Crippen LogP contribution >= 0.6 is 23.4 Å². The summed E-state index contributed by atoms with van der Waals surface area (Å²) in [5, 5.41) is 6.25. The third-order valence-corrected chi connectivity index (χ3v) is 7.02. The number of aromatic nitrogens is 1. The van der Waals surface area contributed by atoms with Gasteiger partial charge in [0.15, 0.2) is 17.4 Å². The molecule has 3 rings (SSSR count). The first-order valence-electron chi connectivity index (χ1n) is 12.5. The number of carbonyl (C=O) groups is 3. The minimum Gasteiger partial charge on any atom is -0.484 e. The number of hydrogen-bond donors (Lipinski definition) is 2. The second kappa shape index (κ2) is 12.8. The van der Waals surface area contributed by atoms with E-state index in [0.717, 1.165) is 15.3 Å². The quantitative estimate of drug-likeness (QED) is 0.151. The Hall–Kier alpha value is -3.15. The molecule has 0 aliphatic rings. The minimum absolute atomic E-state index is 0.00515. The molecule has 0 bridgehead atoms. The molecule has 0 fully saturated rings. The van der Waals surface area contributed by atoms with Crippen LogP contribution in [0.2, 0.25) is 0 Å². The standard InChI is InChI=1S/C28H35N3O6S2/c1-27(2,3)36-25(34)13-12-21(32)26-31-20-10-8-17(14-22(20)38-26)30-24(33)16-35-18-9-11-19(29-7)23(15-18)39-37-28(4,5)6/h8-11,14-15,29H,12-13,16H2,1-7H3,(H,30,33). The lowest BCUT2D eigenvalue weighted by molar-refractivity contribution is -0.154. The van der Waals surface area contributed by atoms with E-state index in [9.17, 15) is 14.4 Å². The first-order chi connectivity index (χ1) is 18.2. The predicted molar refractivity (Wildman–Crippen MR) is 156 cm³/mol. The van der Waals surface area contributed by atoms with E-state index in [1.165, 1.54) is 23.4 Å². The number of carbonyl (C=O) groups excluding carboxylic acids is 3. The number of amides is 1. The van der Waals surface area contributed by atoms with Crippen LogP contribution in [0, 0.1) is 0 Å². The molecule has 0 aliphatic heterocycles. The highest BCUT2D eigenvalue weighted by Crippen LogP contribution is 2.34. The van der Waals surface area contributed by atoms with Crippen molar-refractivity contribution in [1.29, 1.82) is 0 Å². The fourth-order valence-electron chi connectivity index (χ4n) is 3.22. The Labute approximate surface area is 237 Å². The van der Waals surface area contributed by atoms with Gasteiger partial charge in [0.1, 0.15) is 11.4 Å². The van der Waals surface area contributed by atoms with Gasteiger partial charge in [0.25, 0.3) is 5.91 Å². The van der Waals surface area contributed by atoms with E-state index in [-0.39, 0.29) is 36.7 Å². The maximum absolute atomic E-state index is 12.6. The van der Waals surface area contributed by atoms with E-state index in [0.29, 0.717) is 22.0 Å². The highest BCUT2D eigenvalue weighted by atomic mass is 32.2. The Kier molecular flexibility index (Phi) is 9.98. The van der Waals surface area contributed by atoms with Crippen LogP contribution in [0.4, 0.5) is 11.4 Å². The first-order valence-corrected chi connectivity index (χ1v) is 14.0. The van der Waals surface area contributed by atoms with Gasteiger partial charge >= 0.3 is 5.97 Å². The number of esters is 1. The monoisotopic (exact) mass is 573 g/mol. The normalized spacial score (nSPS) is 11.8. The number of ether oxygens (including phenoxy) is 2. The van der Waals surface area contributed by atoms with Gasteiger partial charge in [-0.25, -0.2) is 4.98 Å². The van der Waals surface area contributed by atoms with E-state index in [4.69, 9.17) is 13.7 Å². The van der Waals surface area contributed by atoms with Crippen molar-refractivity contribution in [2.24, 2.45) is 0 Å². The maximum Gasteiger partial charge on any atom is 0.306 e. The molecule has 0 spiro atoms. The maximum atomic E-state index is 12.6. The molecular formula is C28H35N3O6S2. The summed E-state index contributed by atoms with van der Waals surface area (Å²) in [6.07, 6.45) is 0.0162. The largest absolute Gasteiger partial charge is 0.484 e. The van der Waals surface area contributed by atoms with Crippen molar-refractivity contribution in [1.82, 2.24) is 4.98 Å². The number of anilines is 2. The molecule has 1 aromatic heterocycles. The summed E-state index contributed by atoms with van der Waals surface area (Å²) in [6.45, 7) is 11.1. The zero-order valence-corrected chi connectivity index (χ0v) is 24.9. The predicted octanol–water partition coefficient (Wildman–Crippen LogP) is 6.48. The molecular weight excluding hydrogens is 538 g/mol. The first kappa shape index (κ1) is 30.4. The molecule has 2 N–H and O–H groups in total. The number of hydrogen-bond acceptors (Lipinski definition) is 10. The van der Waals surface area contributed by atoms with Crippen LogP contribution in [0.3, 0.4) is 0 Å². The highest BCUT2D eigenvalue weighted by Gasteiger charge is 2.19. The number of thiazole rings is 1. The summed E-state index contributed by atoms with van der Waals surface area (Å²) < 4.78 is 17.5. The van der Waals surface area contributed by atoms with Crippen molar-refractivity contribution in [2.45, 2.75) is 70.5 Å². The number of Topliss-reactive ketones (excluding diaryl/α,β-unsaturated/α-hetero) is 1. The molecule has 1 heterocycles. The Bertz CT molecular complexity index is 1340. The molecule has 39 heavy (non-hydrogen) atoms. The number of rotatable bonds is 11. The van der Waals surface area contributed by atoms with Crippen LogP contribution < -0.4 is 15.4 Å². The van der Waals surface area contributed by atoms with Gasteiger partial charge in [-0.15, -0.1) is 11.3 Å². The van der Waals surface area contributed by atoms with Crippen LogP contribution in [0.1, 0.15) is 64.2 Å². The van der Waals surface area contributed by atoms with Gasteiger partial charge in [0.05, 0.1) is 32.8 Å². The summed E-state index contributed by atoms with van der Waals surface area (Å²) in [4.78, 5) is 42.3. The summed E-state index contributed by atoms with van der Waals surface area (Å²) >= 11 is 2.46. The molecule has 0 atom stereocenters. The summed E-state index contributed by atoms with van der Waals surface area (Å²) in [6, 6.07) is 10.7. The SMILES string of the molecule is CNc1ccc(OCC(=O)Nc2ccc3nc(C(=O)CCC(=O)OC(C)(C)C)sc3c2)cc1SOC(C)(C)C.